The molecule has 28 heavy (non-hydrogen) atoms. The van der Waals surface area contributed by atoms with E-state index in [1.54, 1.807) is 0 Å². The maximum absolute atomic E-state index is 10.7. The number of nitrogens with zero attached hydrogens (tertiary/aromatic N) is 1. The van der Waals surface area contributed by atoms with Gasteiger partial charge in [-0.15, -0.1) is 0 Å². The van der Waals surface area contributed by atoms with Crippen LogP contribution in [-0.2, 0) is 6.42 Å². The van der Waals surface area contributed by atoms with Gasteiger partial charge < -0.3 is 15.2 Å². The van der Waals surface area contributed by atoms with E-state index in [4.69, 9.17) is 15.2 Å². The molecule has 6 nitrogen and oxygen atoms in total. The zero-order chi connectivity index (χ0) is 20.0. The molecule has 150 valence electrons. The monoisotopic (exact) mass is 383 g/mol. The van der Waals surface area contributed by atoms with Crippen molar-refractivity contribution in [3.8, 4) is 11.5 Å². The first-order valence-electron chi connectivity index (χ1n) is 9.71. The highest BCUT2D eigenvalue weighted by Gasteiger charge is 2.02. The molecule has 0 bridgehead atoms. The fraction of sp³-hybridized carbons (Fsp3) is 0.364. The van der Waals surface area contributed by atoms with Crippen LogP contribution in [-0.4, -0.2) is 25.5 Å². The summed E-state index contributed by atoms with van der Waals surface area (Å²) in [6.45, 7) is 3.05. The smallest absolute Gasteiger partial charge is 0.332 e. The minimum absolute atomic E-state index is 0.396. The van der Waals surface area contributed by atoms with Gasteiger partial charge in [-0.2, -0.15) is 5.10 Å². The SMILES string of the molecule is CCCCCCc1ccc(OCCOc2ccccc2C=NNC(N)=O)cc1. The Kier molecular flexibility index (Phi) is 9.41. The Hall–Kier alpha value is -3.02. The Bertz CT molecular complexity index is 745. The van der Waals surface area contributed by atoms with E-state index in [1.165, 1.54) is 37.5 Å². The number of urea groups is 1. The number of rotatable bonds is 12. The molecule has 0 aliphatic rings. The van der Waals surface area contributed by atoms with E-state index in [0.717, 1.165) is 17.7 Å². The van der Waals surface area contributed by atoms with Crippen LogP contribution in [0.2, 0.25) is 0 Å². The van der Waals surface area contributed by atoms with Crippen molar-refractivity contribution in [3.05, 3.63) is 59.7 Å². The molecule has 2 aromatic rings. The lowest BCUT2D eigenvalue weighted by atomic mass is 10.1. The number of carbonyl (C=O) groups is 1. The number of nitrogens with one attached hydrogen (secondary N) is 1. The zero-order valence-electron chi connectivity index (χ0n) is 16.4. The van der Waals surface area contributed by atoms with Crippen molar-refractivity contribution < 1.29 is 14.3 Å². The van der Waals surface area contributed by atoms with E-state index in [2.05, 4.69) is 29.6 Å². The van der Waals surface area contributed by atoms with Crippen molar-refractivity contribution in [2.75, 3.05) is 13.2 Å². The number of hydrazone groups is 1. The van der Waals surface area contributed by atoms with Crippen molar-refractivity contribution >= 4 is 12.2 Å². The number of para-hydroxylation sites is 1. The molecule has 0 aromatic heterocycles. The van der Waals surface area contributed by atoms with E-state index in [9.17, 15) is 4.79 Å². The number of hydrogen-bond donors (Lipinski definition) is 2. The average Bonchev–Trinajstić information content (AvgIpc) is 2.70. The van der Waals surface area contributed by atoms with Gasteiger partial charge in [0.25, 0.3) is 0 Å². The first-order valence-corrected chi connectivity index (χ1v) is 9.71. The molecule has 0 heterocycles. The first kappa shape index (κ1) is 21.3. The molecule has 0 aliphatic carbocycles. The van der Waals surface area contributed by atoms with Gasteiger partial charge in [0.1, 0.15) is 24.7 Å². The number of benzene rings is 2. The van der Waals surface area contributed by atoms with Crippen LogP contribution in [0.25, 0.3) is 0 Å². The molecule has 0 saturated heterocycles. The molecule has 0 spiro atoms. The molecule has 0 unspecified atom stereocenters. The van der Waals surface area contributed by atoms with Gasteiger partial charge in [-0.3, -0.25) is 0 Å². The number of aryl methyl sites for hydroxylation is 1. The van der Waals surface area contributed by atoms with Crippen molar-refractivity contribution in [1.29, 1.82) is 0 Å². The Morgan fingerprint density at radius 2 is 1.79 bits per heavy atom. The second-order valence-corrected chi connectivity index (χ2v) is 6.42. The standard InChI is InChI=1S/C22H29N3O3/c1-2-3-4-5-8-18-11-13-20(14-12-18)27-15-16-28-21-10-7-6-9-19(21)17-24-25-22(23)26/h6-7,9-14,17H,2-5,8,15-16H2,1H3,(H3,23,25,26). The molecule has 0 atom stereocenters. The fourth-order valence-electron chi connectivity index (χ4n) is 2.70. The predicted molar refractivity (Wildman–Crippen MR) is 112 cm³/mol. The number of hydrogen-bond acceptors (Lipinski definition) is 4. The van der Waals surface area contributed by atoms with Gasteiger partial charge >= 0.3 is 6.03 Å². The average molecular weight is 383 g/mol. The molecule has 2 amide bonds. The lowest BCUT2D eigenvalue weighted by molar-refractivity contribution is 0.217. The normalized spacial score (nSPS) is 10.8. The fourth-order valence-corrected chi connectivity index (χ4v) is 2.70. The van der Waals surface area contributed by atoms with Crippen molar-refractivity contribution in [2.24, 2.45) is 10.8 Å². The molecule has 0 radical (unpaired) electrons. The van der Waals surface area contributed by atoms with E-state index in [-0.39, 0.29) is 0 Å². The topological polar surface area (TPSA) is 85.9 Å². The number of nitrogens with two attached hydrogens (primary N) is 1. The lowest BCUT2D eigenvalue weighted by Gasteiger charge is -2.10. The summed E-state index contributed by atoms with van der Waals surface area (Å²) in [5.74, 6) is 1.49. The van der Waals surface area contributed by atoms with Crippen LogP contribution in [0.1, 0.15) is 43.7 Å². The third-order valence-electron chi connectivity index (χ3n) is 4.15. The van der Waals surface area contributed by atoms with Crippen LogP contribution in [0.4, 0.5) is 4.79 Å². The quantitative estimate of drug-likeness (QED) is 0.326. The van der Waals surface area contributed by atoms with E-state index in [0.29, 0.717) is 19.0 Å². The molecule has 0 aliphatic heterocycles. The van der Waals surface area contributed by atoms with Crippen LogP contribution in [0.3, 0.4) is 0 Å². The largest absolute Gasteiger partial charge is 0.490 e. The van der Waals surface area contributed by atoms with E-state index in [1.807, 2.05) is 36.4 Å². The highest BCUT2D eigenvalue weighted by Crippen LogP contribution is 2.17. The number of amides is 2. The Balaban J connectivity index is 1.74. The number of unbranched alkanes of at least 4 members (excludes halogenated alkanes) is 3. The van der Waals surface area contributed by atoms with Gasteiger partial charge in [-0.25, -0.2) is 10.2 Å². The third-order valence-corrected chi connectivity index (χ3v) is 4.15. The Morgan fingerprint density at radius 3 is 2.54 bits per heavy atom. The number of carbonyl (C=O) groups excluding carboxylic acids is 1. The summed E-state index contributed by atoms with van der Waals surface area (Å²) < 4.78 is 11.5. The maximum Gasteiger partial charge on any atom is 0.332 e. The van der Waals surface area contributed by atoms with Gasteiger partial charge in [0.2, 0.25) is 0 Å². The minimum Gasteiger partial charge on any atom is -0.490 e. The molecule has 6 heteroatoms. The number of ether oxygens (including phenoxy) is 2. The Labute approximate surface area is 166 Å². The van der Waals surface area contributed by atoms with Crippen molar-refractivity contribution in [3.63, 3.8) is 0 Å². The van der Waals surface area contributed by atoms with Crippen LogP contribution < -0.4 is 20.6 Å². The van der Waals surface area contributed by atoms with Crippen molar-refractivity contribution in [1.82, 2.24) is 5.43 Å². The predicted octanol–water partition coefficient (Wildman–Crippen LogP) is 4.27. The van der Waals surface area contributed by atoms with E-state index < -0.39 is 6.03 Å². The van der Waals surface area contributed by atoms with Gasteiger partial charge in [0.05, 0.1) is 6.21 Å². The molecule has 2 aromatic carbocycles. The highest BCUT2D eigenvalue weighted by molar-refractivity contribution is 5.84. The number of primary amides is 1. The second-order valence-electron chi connectivity index (χ2n) is 6.42. The summed E-state index contributed by atoms with van der Waals surface area (Å²) in [4.78, 5) is 10.7. The third kappa shape index (κ3) is 8.12. The molecule has 3 N–H and O–H groups in total. The second kappa shape index (κ2) is 12.4. The van der Waals surface area contributed by atoms with Gasteiger partial charge in [0, 0.05) is 5.56 Å². The summed E-state index contributed by atoms with van der Waals surface area (Å²) in [7, 11) is 0. The van der Waals surface area contributed by atoms with E-state index >= 15 is 0 Å². The van der Waals surface area contributed by atoms with Crippen LogP contribution in [0, 0.1) is 0 Å². The van der Waals surface area contributed by atoms with Crippen LogP contribution >= 0.6 is 0 Å². The minimum atomic E-state index is -0.713. The highest BCUT2D eigenvalue weighted by atomic mass is 16.5. The van der Waals surface area contributed by atoms with Gasteiger partial charge in [-0.1, -0.05) is 50.5 Å². The molecule has 0 saturated carbocycles. The molecular weight excluding hydrogens is 354 g/mol. The summed E-state index contributed by atoms with van der Waals surface area (Å²) >= 11 is 0. The summed E-state index contributed by atoms with van der Waals surface area (Å²) in [6.07, 6.45) is 7.69. The van der Waals surface area contributed by atoms with Crippen LogP contribution in [0.5, 0.6) is 11.5 Å². The zero-order valence-corrected chi connectivity index (χ0v) is 16.4. The lowest BCUT2D eigenvalue weighted by Crippen LogP contribution is -2.24. The van der Waals surface area contributed by atoms with Gasteiger partial charge in [-0.05, 0) is 42.7 Å². The summed E-state index contributed by atoms with van der Waals surface area (Å²) in [5.41, 5.74) is 9.23. The molecule has 0 fully saturated rings. The Morgan fingerprint density at radius 1 is 1.04 bits per heavy atom. The van der Waals surface area contributed by atoms with Gasteiger partial charge in [0.15, 0.2) is 0 Å². The molecule has 2 rings (SSSR count). The maximum atomic E-state index is 10.7. The van der Waals surface area contributed by atoms with Crippen molar-refractivity contribution in [2.45, 2.75) is 39.0 Å². The van der Waals surface area contributed by atoms with Crippen LogP contribution in [0.15, 0.2) is 53.6 Å². The first-order chi connectivity index (χ1) is 13.7. The molecular formula is C22H29N3O3. The summed E-state index contributed by atoms with van der Waals surface area (Å²) in [5, 5.41) is 3.76. The summed E-state index contributed by atoms with van der Waals surface area (Å²) in [6, 6.07) is 14.9.